The van der Waals surface area contributed by atoms with Gasteiger partial charge in [0, 0.05) is 18.2 Å². The first kappa shape index (κ1) is 27.3. The van der Waals surface area contributed by atoms with Crippen LogP contribution in [0.4, 0.5) is 0 Å². The lowest BCUT2D eigenvalue weighted by molar-refractivity contribution is -0.156. The highest BCUT2D eigenvalue weighted by Gasteiger charge is 2.32. The van der Waals surface area contributed by atoms with Crippen LogP contribution >= 0.6 is 0 Å². The van der Waals surface area contributed by atoms with E-state index in [4.69, 9.17) is 14.7 Å². The number of benzene rings is 2. The summed E-state index contributed by atoms with van der Waals surface area (Å²) in [6, 6.07) is 14.9. The van der Waals surface area contributed by atoms with Crippen molar-refractivity contribution < 1.29 is 19.1 Å². The van der Waals surface area contributed by atoms with Gasteiger partial charge in [0.15, 0.2) is 0 Å². The minimum Gasteiger partial charge on any atom is -0.489 e. The van der Waals surface area contributed by atoms with Gasteiger partial charge in [0.05, 0.1) is 18.1 Å². The number of carbonyl (C=O) groups is 2. The third kappa shape index (κ3) is 7.84. The van der Waals surface area contributed by atoms with Crippen LogP contribution in [0, 0.1) is 11.3 Å². The zero-order valence-electron chi connectivity index (χ0n) is 22.0. The lowest BCUT2D eigenvalue weighted by Crippen LogP contribution is -2.46. The highest BCUT2D eigenvalue weighted by atomic mass is 16.6. The lowest BCUT2D eigenvalue weighted by Gasteiger charge is -2.36. The minimum absolute atomic E-state index is 0.0288. The highest BCUT2D eigenvalue weighted by Crippen LogP contribution is 2.28. The fourth-order valence-electron chi connectivity index (χ4n) is 4.51. The first-order valence-corrected chi connectivity index (χ1v) is 13.0. The maximum atomic E-state index is 13.5. The van der Waals surface area contributed by atoms with Gasteiger partial charge in [-0.15, -0.1) is 0 Å². The number of ether oxygens (including phenoxy) is 2. The second-order valence-electron chi connectivity index (χ2n) is 10.5. The molecule has 0 N–H and O–H groups in total. The zero-order valence-corrected chi connectivity index (χ0v) is 22.0. The molecule has 0 bridgehead atoms. The third-order valence-corrected chi connectivity index (χ3v) is 6.33. The molecule has 0 fully saturated rings. The van der Waals surface area contributed by atoms with Gasteiger partial charge in [0.2, 0.25) is 0 Å². The van der Waals surface area contributed by atoms with Crippen LogP contribution in [0.25, 0.3) is 0 Å². The fourth-order valence-corrected chi connectivity index (χ4v) is 4.51. The Kier molecular flexibility index (Phi) is 9.52. The van der Waals surface area contributed by atoms with Crippen LogP contribution in [0.3, 0.4) is 0 Å². The van der Waals surface area contributed by atoms with Crippen molar-refractivity contribution in [2.45, 2.75) is 90.9 Å². The second-order valence-corrected chi connectivity index (χ2v) is 10.5. The van der Waals surface area contributed by atoms with Crippen LogP contribution in [0.5, 0.6) is 5.75 Å². The normalized spacial score (nSPS) is 14.1. The summed E-state index contributed by atoms with van der Waals surface area (Å²) in [4.78, 5) is 28.0. The number of fused-ring (bicyclic) bond motifs is 1. The van der Waals surface area contributed by atoms with Gasteiger partial charge in [0.1, 0.15) is 18.0 Å². The second kappa shape index (κ2) is 12.6. The Morgan fingerprint density at radius 1 is 1.11 bits per heavy atom. The summed E-state index contributed by atoms with van der Waals surface area (Å²) in [6.07, 6.45) is 6.11. The largest absolute Gasteiger partial charge is 0.489 e. The molecule has 0 spiro atoms. The Bertz CT molecular complexity index is 1080. The van der Waals surface area contributed by atoms with Gasteiger partial charge in [-0.05, 0) is 75.1 Å². The number of unbranched alkanes of at least 4 members (excludes halogenated alkanes) is 3. The standard InChI is InChI=1S/C30H38N2O4/c1-5-6-7-8-9-25(19-28(33)36-30(2,3)4)32-17-16-24-18-26(14-15-27(24)29(32)34)35-21-23-12-10-22(20-31)11-13-23/h10-15,18,25H,5-9,16-17,19,21H2,1-4H3. The Morgan fingerprint density at radius 3 is 2.53 bits per heavy atom. The van der Waals surface area contributed by atoms with Crippen molar-refractivity contribution in [3.05, 3.63) is 64.7 Å². The topological polar surface area (TPSA) is 79.6 Å². The molecule has 0 aliphatic carbocycles. The molecule has 1 aliphatic heterocycles. The van der Waals surface area contributed by atoms with Crippen molar-refractivity contribution >= 4 is 11.9 Å². The molecule has 1 heterocycles. The van der Waals surface area contributed by atoms with Crippen molar-refractivity contribution in [2.24, 2.45) is 0 Å². The van der Waals surface area contributed by atoms with Crippen molar-refractivity contribution in [1.82, 2.24) is 4.90 Å². The Balaban J connectivity index is 1.68. The monoisotopic (exact) mass is 490 g/mol. The van der Waals surface area contributed by atoms with Gasteiger partial charge in [-0.25, -0.2) is 0 Å². The molecule has 1 atom stereocenters. The van der Waals surface area contributed by atoms with Gasteiger partial charge in [-0.2, -0.15) is 5.26 Å². The molecule has 1 amide bonds. The van der Waals surface area contributed by atoms with E-state index in [0.29, 0.717) is 30.0 Å². The number of carbonyl (C=O) groups excluding carboxylic acids is 2. The maximum absolute atomic E-state index is 13.5. The Labute approximate surface area is 215 Å². The maximum Gasteiger partial charge on any atom is 0.308 e. The molecule has 0 saturated heterocycles. The number of hydrogen-bond acceptors (Lipinski definition) is 5. The van der Waals surface area contributed by atoms with Gasteiger partial charge < -0.3 is 14.4 Å². The number of rotatable bonds is 11. The van der Waals surface area contributed by atoms with E-state index in [9.17, 15) is 9.59 Å². The number of esters is 1. The van der Waals surface area contributed by atoms with Gasteiger partial charge >= 0.3 is 5.97 Å². The van der Waals surface area contributed by atoms with Crippen LogP contribution in [0.1, 0.15) is 93.3 Å². The van der Waals surface area contributed by atoms with Crippen LogP contribution in [0.15, 0.2) is 42.5 Å². The van der Waals surface area contributed by atoms with Crippen LogP contribution in [0.2, 0.25) is 0 Å². The lowest BCUT2D eigenvalue weighted by atomic mass is 9.94. The molecule has 6 heteroatoms. The van der Waals surface area contributed by atoms with Gasteiger partial charge in [0.25, 0.3) is 5.91 Å². The summed E-state index contributed by atoms with van der Waals surface area (Å²) in [5.74, 6) is 0.427. The molecule has 3 rings (SSSR count). The Hall–Kier alpha value is -3.33. The van der Waals surface area contributed by atoms with E-state index in [1.165, 1.54) is 0 Å². The van der Waals surface area contributed by atoms with Crippen molar-refractivity contribution in [3.8, 4) is 11.8 Å². The molecule has 1 unspecified atom stereocenters. The highest BCUT2D eigenvalue weighted by molar-refractivity contribution is 5.97. The predicted molar refractivity (Wildman–Crippen MR) is 140 cm³/mol. The first-order chi connectivity index (χ1) is 17.2. The fraction of sp³-hybridized carbons (Fsp3) is 0.500. The molecular weight excluding hydrogens is 452 g/mol. The number of amides is 1. The molecule has 2 aromatic rings. The summed E-state index contributed by atoms with van der Waals surface area (Å²) in [5.41, 5.74) is 2.69. The predicted octanol–water partition coefficient (Wildman–Crippen LogP) is 6.21. The summed E-state index contributed by atoms with van der Waals surface area (Å²) in [7, 11) is 0. The van der Waals surface area contributed by atoms with E-state index >= 15 is 0 Å². The van der Waals surface area contributed by atoms with E-state index in [1.807, 2.05) is 56.0 Å². The van der Waals surface area contributed by atoms with Crippen molar-refractivity contribution in [2.75, 3.05) is 6.54 Å². The van der Waals surface area contributed by atoms with Crippen LogP contribution in [-0.4, -0.2) is 35.0 Å². The van der Waals surface area contributed by atoms with Crippen molar-refractivity contribution in [1.29, 1.82) is 5.26 Å². The molecule has 0 saturated carbocycles. The van der Waals surface area contributed by atoms with E-state index in [0.717, 1.165) is 49.7 Å². The summed E-state index contributed by atoms with van der Waals surface area (Å²) in [6.45, 7) is 8.73. The average Bonchev–Trinajstić information content (AvgIpc) is 2.84. The minimum atomic E-state index is -0.545. The molecule has 36 heavy (non-hydrogen) atoms. The third-order valence-electron chi connectivity index (χ3n) is 6.33. The van der Waals surface area contributed by atoms with Crippen molar-refractivity contribution in [3.63, 3.8) is 0 Å². The first-order valence-electron chi connectivity index (χ1n) is 13.0. The van der Waals surface area contributed by atoms with Gasteiger partial charge in [-0.1, -0.05) is 44.7 Å². The summed E-state index contributed by atoms with van der Waals surface area (Å²) in [5, 5.41) is 8.94. The molecule has 2 aromatic carbocycles. The van der Waals surface area contributed by atoms with E-state index in [-0.39, 0.29) is 24.3 Å². The summed E-state index contributed by atoms with van der Waals surface area (Å²) >= 11 is 0. The van der Waals surface area contributed by atoms with Gasteiger partial charge in [-0.3, -0.25) is 9.59 Å². The molecule has 1 aliphatic rings. The number of nitriles is 1. The van der Waals surface area contributed by atoms with E-state index < -0.39 is 5.60 Å². The smallest absolute Gasteiger partial charge is 0.308 e. The van der Waals surface area contributed by atoms with E-state index in [1.54, 1.807) is 12.1 Å². The average molecular weight is 491 g/mol. The quantitative estimate of drug-likeness (QED) is 0.276. The van der Waals surface area contributed by atoms with Crippen LogP contribution in [-0.2, 0) is 22.6 Å². The molecule has 192 valence electrons. The molecule has 0 radical (unpaired) electrons. The number of nitrogens with zero attached hydrogens (tertiary/aromatic N) is 2. The SMILES string of the molecule is CCCCCCC(CC(=O)OC(C)(C)C)N1CCc2cc(OCc3ccc(C#N)cc3)ccc2C1=O. The molecule has 0 aromatic heterocycles. The number of hydrogen-bond donors (Lipinski definition) is 0. The zero-order chi connectivity index (χ0) is 26.1. The molecule has 6 nitrogen and oxygen atoms in total. The van der Waals surface area contributed by atoms with Crippen LogP contribution < -0.4 is 4.74 Å². The summed E-state index contributed by atoms with van der Waals surface area (Å²) < 4.78 is 11.5. The molecular formula is C30H38N2O4. The van der Waals surface area contributed by atoms with E-state index in [2.05, 4.69) is 13.0 Å². The Morgan fingerprint density at radius 2 is 1.86 bits per heavy atom.